The maximum absolute atomic E-state index is 6.45. The molecule has 0 radical (unpaired) electrons. The lowest BCUT2D eigenvalue weighted by Crippen LogP contribution is -1.99. The van der Waals surface area contributed by atoms with Gasteiger partial charge in [-0.05, 0) is 29.8 Å². The summed E-state index contributed by atoms with van der Waals surface area (Å²) in [6, 6.07) is 18.1. The minimum atomic E-state index is 0.248. The quantitative estimate of drug-likeness (QED) is 0.464. The number of ether oxygens (including phenoxy) is 1. The van der Waals surface area contributed by atoms with Crippen molar-refractivity contribution in [2.75, 3.05) is 12.3 Å². The van der Waals surface area contributed by atoms with E-state index < -0.39 is 0 Å². The molecule has 2 aromatic carbocycles. The van der Waals surface area contributed by atoms with E-state index in [9.17, 15) is 0 Å². The summed E-state index contributed by atoms with van der Waals surface area (Å²) >= 11 is 8.15. The topological polar surface area (TPSA) is 61.0 Å². The summed E-state index contributed by atoms with van der Waals surface area (Å²) in [4.78, 5) is 11.0. The number of hydrogen-bond acceptors (Lipinski definition) is 5. The van der Waals surface area contributed by atoms with Crippen LogP contribution >= 0.6 is 22.9 Å². The highest BCUT2D eigenvalue weighted by atomic mass is 35.5. The molecule has 0 unspecified atom stereocenters. The number of nitrogen functional groups attached to an aromatic ring is 1. The SMILES string of the molecule is Nc1ncc(-c2ccccc2Cl)c(-c2cc3c(s2)-c2ccccc2OCC3)n1. The molecule has 6 heteroatoms. The Morgan fingerprint density at radius 3 is 2.64 bits per heavy atom. The summed E-state index contributed by atoms with van der Waals surface area (Å²) in [6.07, 6.45) is 2.60. The molecule has 4 aromatic rings. The molecule has 0 aliphatic carbocycles. The highest BCUT2D eigenvalue weighted by molar-refractivity contribution is 7.19. The van der Waals surface area contributed by atoms with Crippen molar-refractivity contribution in [1.82, 2.24) is 9.97 Å². The Balaban J connectivity index is 1.71. The summed E-state index contributed by atoms with van der Waals surface area (Å²) in [5.41, 5.74) is 10.9. The predicted octanol–water partition coefficient (Wildman–Crippen LogP) is 5.71. The largest absolute Gasteiger partial charge is 0.493 e. The van der Waals surface area contributed by atoms with Gasteiger partial charge in [0.25, 0.3) is 0 Å². The lowest BCUT2D eigenvalue weighted by molar-refractivity contribution is 0.326. The minimum Gasteiger partial charge on any atom is -0.493 e. The molecule has 28 heavy (non-hydrogen) atoms. The second-order valence-electron chi connectivity index (χ2n) is 6.53. The maximum Gasteiger partial charge on any atom is 0.220 e. The van der Waals surface area contributed by atoms with Crippen LogP contribution in [0.25, 0.3) is 32.1 Å². The molecule has 138 valence electrons. The number of halogens is 1. The first kappa shape index (κ1) is 17.2. The van der Waals surface area contributed by atoms with E-state index in [2.05, 4.69) is 22.1 Å². The third-order valence-electron chi connectivity index (χ3n) is 4.77. The number of fused-ring (bicyclic) bond motifs is 3. The van der Waals surface area contributed by atoms with Gasteiger partial charge in [0.1, 0.15) is 5.75 Å². The smallest absolute Gasteiger partial charge is 0.220 e. The summed E-state index contributed by atoms with van der Waals surface area (Å²) in [6.45, 7) is 0.656. The van der Waals surface area contributed by atoms with Crippen molar-refractivity contribution in [3.8, 4) is 37.9 Å². The van der Waals surface area contributed by atoms with Gasteiger partial charge in [-0.3, -0.25) is 0 Å². The van der Waals surface area contributed by atoms with E-state index in [1.807, 2.05) is 42.5 Å². The third-order valence-corrected chi connectivity index (χ3v) is 6.32. The van der Waals surface area contributed by atoms with Crippen molar-refractivity contribution in [2.24, 2.45) is 0 Å². The van der Waals surface area contributed by atoms with Crippen LogP contribution < -0.4 is 10.5 Å². The Kier molecular flexibility index (Phi) is 4.26. The molecule has 3 heterocycles. The van der Waals surface area contributed by atoms with Crippen LogP contribution in [0.15, 0.2) is 60.8 Å². The maximum atomic E-state index is 6.45. The van der Waals surface area contributed by atoms with Gasteiger partial charge in [-0.1, -0.05) is 41.9 Å². The van der Waals surface area contributed by atoms with Gasteiger partial charge in [0.15, 0.2) is 0 Å². The standard InChI is InChI=1S/C22H16ClN3OS/c23-17-7-3-1-5-14(17)16-12-25-22(24)26-20(16)19-11-13-9-10-27-18-8-4-2-6-15(18)21(13)28-19/h1-8,11-12H,9-10H2,(H2,24,25,26). The zero-order valence-electron chi connectivity index (χ0n) is 14.9. The van der Waals surface area contributed by atoms with Crippen LogP contribution in [0.2, 0.25) is 5.02 Å². The zero-order valence-corrected chi connectivity index (χ0v) is 16.4. The number of aromatic nitrogens is 2. The van der Waals surface area contributed by atoms with Gasteiger partial charge < -0.3 is 10.5 Å². The highest BCUT2D eigenvalue weighted by Crippen LogP contribution is 2.45. The van der Waals surface area contributed by atoms with E-state index in [0.29, 0.717) is 11.6 Å². The van der Waals surface area contributed by atoms with E-state index in [4.69, 9.17) is 22.1 Å². The van der Waals surface area contributed by atoms with E-state index in [0.717, 1.165) is 39.4 Å². The molecule has 0 saturated heterocycles. The number of para-hydroxylation sites is 1. The number of nitrogens with zero attached hydrogens (tertiary/aromatic N) is 2. The molecule has 0 amide bonds. The Labute approximate surface area is 171 Å². The van der Waals surface area contributed by atoms with Crippen molar-refractivity contribution in [2.45, 2.75) is 6.42 Å². The third kappa shape index (κ3) is 2.93. The minimum absolute atomic E-state index is 0.248. The summed E-state index contributed by atoms with van der Waals surface area (Å²) in [5, 5.41) is 0.661. The molecule has 5 rings (SSSR count). The Bertz CT molecular complexity index is 1190. The first-order valence-electron chi connectivity index (χ1n) is 8.93. The fourth-order valence-electron chi connectivity index (χ4n) is 3.47. The molecular formula is C22H16ClN3OS. The molecule has 0 spiro atoms. The number of nitrogens with two attached hydrogens (primary N) is 1. The molecular weight excluding hydrogens is 390 g/mol. The van der Waals surface area contributed by atoms with Crippen LogP contribution in [0.4, 0.5) is 5.95 Å². The fourth-order valence-corrected chi connectivity index (χ4v) is 4.95. The Morgan fingerprint density at radius 2 is 1.79 bits per heavy atom. The van der Waals surface area contributed by atoms with Crippen LogP contribution in [-0.4, -0.2) is 16.6 Å². The molecule has 2 N–H and O–H groups in total. The van der Waals surface area contributed by atoms with Crippen LogP contribution in [0.3, 0.4) is 0 Å². The second kappa shape index (κ2) is 6.93. The van der Waals surface area contributed by atoms with Crippen LogP contribution in [0, 0.1) is 0 Å². The van der Waals surface area contributed by atoms with E-state index >= 15 is 0 Å². The number of rotatable bonds is 2. The average Bonchev–Trinajstić information content (AvgIpc) is 3.05. The lowest BCUT2D eigenvalue weighted by atomic mass is 10.0. The summed E-state index contributed by atoms with van der Waals surface area (Å²) in [7, 11) is 0. The van der Waals surface area contributed by atoms with Crippen LogP contribution in [-0.2, 0) is 6.42 Å². The van der Waals surface area contributed by atoms with Gasteiger partial charge >= 0.3 is 0 Å². The second-order valence-corrected chi connectivity index (χ2v) is 7.99. The molecule has 0 saturated carbocycles. The molecule has 0 atom stereocenters. The van der Waals surface area contributed by atoms with Gasteiger partial charge in [-0.25, -0.2) is 9.97 Å². The summed E-state index contributed by atoms with van der Waals surface area (Å²) in [5.74, 6) is 1.17. The van der Waals surface area contributed by atoms with Crippen molar-refractivity contribution in [3.63, 3.8) is 0 Å². The number of anilines is 1. The van der Waals surface area contributed by atoms with E-state index in [1.54, 1.807) is 17.5 Å². The van der Waals surface area contributed by atoms with Gasteiger partial charge in [-0.15, -0.1) is 11.3 Å². The van der Waals surface area contributed by atoms with Gasteiger partial charge in [0, 0.05) is 39.2 Å². The van der Waals surface area contributed by atoms with Gasteiger partial charge in [-0.2, -0.15) is 0 Å². The number of thiophene rings is 1. The van der Waals surface area contributed by atoms with Crippen LogP contribution in [0.1, 0.15) is 5.56 Å². The van der Waals surface area contributed by atoms with E-state index in [1.165, 1.54) is 10.4 Å². The van der Waals surface area contributed by atoms with Crippen molar-refractivity contribution in [3.05, 3.63) is 71.4 Å². The molecule has 2 aromatic heterocycles. The Hall–Kier alpha value is -2.89. The van der Waals surface area contributed by atoms with Gasteiger partial charge in [0.05, 0.1) is 17.2 Å². The zero-order chi connectivity index (χ0) is 19.1. The van der Waals surface area contributed by atoms with Crippen molar-refractivity contribution < 1.29 is 4.74 Å². The Morgan fingerprint density at radius 1 is 1.00 bits per heavy atom. The van der Waals surface area contributed by atoms with Crippen LogP contribution in [0.5, 0.6) is 5.75 Å². The molecule has 4 nitrogen and oxygen atoms in total. The molecule has 1 aliphatic heterocycles. The average molecular weight is 406 g/mol. The van der Waals surface area contributed by atoms with Crippen molar-refractivity contribution >= 4 is 28.9 Å². The predicted molar refractivity (Wildman–Crippen MR) is 115 cm³/mol. The molecule has 1 aliphatic rings. The number of hydrogen-bond donors (Lipinski definition) is 1. The molecule has 0 bridgehead atoms. The fraction of sp³-hybridized carbons (Fsp3) is 0.0909. The number of benzene rings is 2. The lowest BCUT2D eigenvalue weighted by Gasteiger charge is -2.10. The monoisotopic (exact) mass is 405 g/mol. The first-order chi connectivity index (χ1) is 13.7. The highest BCUT2D eigenvalue weighted by Gasteiger charge is 2.21. The molecule has 0 fully saturated rings. The van der Waals surface area contributed by atoms with E-state index in [-0.39, 0.29) is 5.95 Å². The normalized spacial score (nSPS) is 12.6. The van der Waals surface area contributed by atoms with Crippen molar-refractivity contribution in [1.29, 1.82) is 0 Å². The summed E-state index contributed by atoms with van der Waals surface area (Å²) < 4.78 is 5.91. The first-order valence-corrected chi connectivity index (χ1v) is 10.1. The van der Waals surface area contributed by atoms with Gasteiger partial charge in [0.2, 0.25) is 5.95 Å².